The number of hydrogen-bond donors (Lipinski definition) is 1. The summed E-state index contributed by atoms with van der Waals surface area (Å²) in [6, 6.07) is 11.9. The summed E-state index contributed by atoms with van der Waals surface area (Å²) >= 11 is 5.82. The fourth-order valence-electron chi connectivity index (χ4n) is 1.96. The van der Waals surface area contributed by atoms with Crippen LogP contribution in [0.3, 0.4) is 0 Å². The highest BCUT2D eigenvalue weighted by Crippen LogP contribution is 2.25. The second-order valence-corrected chi connectivity index (χ2v) is 5.27. The lowest BCUT2D eigenvalue weighted by molar-refractivity contribution is 0.0511. The Kier molecular flexibility index (Phi) is 6.03. The molecule has 0 radical (unpaired) electrons. The minimum absolute atomic E-state index is 0.165. The van der Waals surface area contributed by atoms with Crippen LogP contribution in [0.25, 0.3) is 0 Å². The van der Waals surface area contributed by atoms with Crippen LogP contribution in [0.2, 0.25) is 5.02 Å². The number of benzene rings is 2. The van der Waals surface area contributed by atoms with Crippen molar-refractivity contribution in [2.24, 2.45) is 10.9 Å². The monoisotopic (exact) mass is 348 g/mol. The first-order chi connectivity index (χ1) is 11.5. The van der Waals surface area contributed by atoms with E-state index in [4.69, 9.17) is 31.6 Å². The van der Waals surface area contributed by atoms with Crippen LogP contribution in [0, 0.1) is 0 Å². The second kappa shape index (κ2) is 8.21. The number of oxime groups is 1. The molecule has 24 heavy (non-hydrogen) atoms. The van der Waals surface area contributed by atoms with E-state index in [1.165, 1.54) is 20.3 Å². The second-order valence-electron chi connectivity index (χ2n) is 4.83. The van der Waals surface area contributed by atoms with Crippen LogP contribution in [0.4, 0.5) is 0 Å². The van der Waals surface area contributed by atoms with Crippen molar-refractivity contribution in [1.82, 2.24) is 0 Å². The van der Waals surface area contributed by atoms with Crippen LogP contribution in [0.1, 0.15) is 15.9 Å². The minimum Gasteiger partial charge on any atom is -0.497 e. The molecule has 7 heteroatoms. The van der Waals surface area contributed by atoms with E-state index >= 15 is 0 Å². The molecule has 0 aliphatic rings. The van der Waals surface area contributed by atoms with Gasteiger partial charge in [0.1, 0.15) is 22.9 Å². The number of amidine groups is 1. The van der Waals surface area contributed by atoms with Gasteiger partial charge in [-0.15, -0.1) is 0 Å². The van der Waals surface area contributed by atoms with E-state index in [0.29, 0.717) is 22.9 Å². The molecule has 0 saturated heterocycles. The fraction of sp³-hybridized carbons (Fsp3) is 0.176. The van der Waals surface area contributed by atoms with Gasteiger partial charge in [0.15, 0.2) is 0 Å². The summed E-state index contributed by atoms with van der Waals surface area (Å²) < 4.78 is 10.2. The zero-order chi connectivity index (χ0) is 17.5. The van der Waals surface area contributed by atoms with Crippen LogP contribution < -0.4 is 15.2 Å². The van der Waals surface area contributed by atoms with Crippen molar-refractivity contribution in [1.29, 1.82) is 0 Å². The molecule has 0 bridgehead atoms. The van der Waals surface area contributed by atoms with Gasteiger partial charge in [-0.1, -0.05) is 28.9 Å². The van der Waals surface area contributed by atoms with Crippen molar-refractivity contribution in [2.45, 2.75) is 6.42 Å². The summed E-state index contributed by atoms with van der Waals surface area (Å²) in [5.74, 6) is 0.381. The van der Waals surface area contributed by atoms with Crippen LogP contribution in [-0.4, -0.2) is 26.0 Å². The van der Waals surface area contributed by atoms with E-state index in [1.54, 1.807) is 24.3 Å². The van der Waals surface area contributed by atoms with E-state index < -0.39 is 5.97 Å². The van der Waals surface area contributed by atoms with Crippen LogP contribution in [-0.2, 0) is 11.3 Å². The smallest absolute Gasteiger partial charge is 0.369 e. The van der Waals surface area contributed by atoms with Crippen molar-refractivity contribution < 1.29 is 19.1 Å². The van der Waals surface area contributed by atoms with Gasteiger partial charge < -0.3 is 20.0 Å². The zero-order valence-corrected chi connectivity index (χ0v) is 14.0. The van der Waals surface area contributed by atoms with E-state index in [-0.39, 0.29) is 11.4 Å². The third-order valence-electron chi connectivity index (χ3n) is 3.17. The number of methoxy groups -OCH3 is 2. The molecule has 126 valence electrons. The normalized spacial score (nSPS) is 11.0. The first-order valence-electron chi connectivity index (χ1n) is 7.03. The van der Waals surface area contributed by atoms with Crippen molar-refractivity contribution in [2.75, 3.05) is 14.2 Å². The molecule has 0 saturated carbocycles. The van der Waals surface area contributed by atoms with Gasteiger partial charge in [-0.05, 0) is 29.8 Å². The van der Waals surface area contributed by atoms with Crippen LogP contribution in [0.5, 0.6) is 11.5 Å². The summed E-state index contributed by atoms with van der Waals surface area (Å²) in [6.45, 7) is 0. The van der Waals surface area contributed by atoms with Crippen LogP contribution in [0.15, 0.2) is 47.6 Å². The first kappa shape index (κ1) is 17.6. The SMILES string of the molecule is COc1ccc(C(=O)O/N=C(\N)Cc2ccc(Cl)cc2)c(OC)c1. The average Bonchev–Trinajstić information content (AvgIpc) is 2.61. The molecule has 0 amide bonds. The molecule has 0 fully saturated rings. The third kappa shape index (κ3) is 4.63. The maximum atomic E-state index is 12.1. The molecule has 2 aromatic rings. The lowest BCUT2D eigenvalue weighted by Gasteiger charge is -2.08. The quantitative estimate of drug-likeness (QED) is 0.375. The van der Waals surface area contributed by atoms with Crippen molar-refractivity contribution in [3.63, 3.8) is 0 Å². The predicted octanol–water partition coefficient (Wildman–Crippen LogP) is 3.03. The van der Waals surface area contributed by atoms with Crippen molar-refractivity contribution in [3.8, 4) is 11.5 Å². The summed E-state index contributed by atoms with van der Waals surface area (Å²) in [7, 11) is 2.97. The Balaban J connectivity index is 2.04. The van der Waals surface area contributed by atoms with Gasteiger partial charge in [-0.3, -0.25) is 0 Å². The maximum Gasteiger partial charge on any atom is 0.369 e. The van der Waals surface area contributed by atoms with Gasteiger partial charge in [-0.2, -0.15) is 0 Å². The number of rotatable bonds is 6. The first-order valence-corrected chi connectivity index (χ1v) is 7.41. The highest BCUT2D eigenvalue weighted by atomic mass is 35.5. The lowest BCUT2D eigenvalue weighted by atomic mass is 10.1. The van der Waals surface area contributed by atoms with E-state index in [0.717, 1.165) is 5.56 Å². The molecule has 0 aromatic heterocycles. The molecule has 2 N–H and O–H groups in total. The van der Waals surface area contributed by atoms with E-state index in [2.05, 4.69) is 5.16 Å². The number of carbonyl (C=O) groups is 1. The molecule has 0 unspecified atom stereocenters. The Morgan fingerprint density at radius 1 is 1.12 bits per heavy atom. The van der Waals surface area contributed by atoms with E-state index in [9.17, 15) is 4.79 Å². The molecule has 2 rings (SSSR count). The van der Waals surface area contributed by atoms with Crippen LogP contribution >= 0.6 is 11.6 Å². The van der Waals surface area contributed by atoms with Crippen molar-refractivity contribution in [3.05, 3.63) is 58.6 Å². The molecule has 6 nitrogen and oxygen atoms in total. The summed E-state index contributed by atoms with van der Waals surface area (Å²) in [6.07, 6.45) is 0.337. The topological polar surface area (TPSA) is 83.1 Å². The third-order valence-corrected chi connectivity index (χ3v) is 3.42. The van der Waals surface area contributed by atoms with Gasteiger partial charge in [-0.25, -0.2) is 4.79 Å². The number of carbonyl (C=O) groups excluding carboxylic acids is 1. The van der Waals surface area contributed by atoms with Gasteiger partial charge in [0.2, 0.25) is 0 Å². The Morgan fingerprint density at radius 2 is 1.83 bits per heavy atom. The average molecular weight is 349 g/mol. The van der Waals surface area contributed by atoms with Gasteiger partial charge in [0.25, 0.3) is 0 Å². The lowest BCUT2D eigenvalue weighted by Crippen LogP contribution is -2.17. The Hall–Kier alpha value is -2.73. The maximum absolute atomic E-state index is 12.1. The van der Waals surface area contributed by atoms with Gasteiger partial charge >= 0.3 is 5.97 Å². The molecular weight excluding hydrogens is 332 g/mol. The number of ether oxygens (including phenoxy) is 2. The highest BCUT2D eigenvalue weighted by Gasteiger charge is 2.15. The largest absolute Gasteiger partial charge is 0.497 e. The standard InChI is InChI=1S/C17H17ClN2O4/c1-22-13-7-8-14(15(10-13)23-2)17(21)24-20-16(19)9-11-3-5-12(18)6-4-11/h3-8,10H,9H2,1-2H3,(H2,19,20). The van der Waals surface area contributed by atoms with Gasteiger partial charge in [0.05, 0.1) is 14.2 Å². The molecule has 0 atom stereocenters. The predicted molar refractivity (Wildman–Crippen MR) is 91.7 cm³/mol. The summed E-state index contributed by atoms with van der Waals surface area (Å²) in [4.78, 5) is 17.0. The Morgan fingerprint density at radius 3 is 2.46 bits per heavy atom. The summed E-state index contributed by atoms with van der Waals surface area (Å²) in [5.41, 5.74) is 6.90. The number of nitrogens with two attached hydrogens (primary N) is 1. The number of hydrogen-bond acceptors (Lipinski definition) is 5. The van der Waals surface area contributed by atoms with Crippen molar-refractivity contribution >= 4 is 23.4 Å². The molecule has 2 aromatic carbocycles. The van der Waals surface area contributed by atoms with E-state index in [1.807, 2.05) is 12.1 Å². The Labute approximate surface area is 144 Å². The minimum atomic E-state index is -0.673. The number of halogens is 1. The Bertz CT molecular complexity index is 745. The number of nitrogens with zero attached hydrogens (tertiary/aromatic N) is 1. The molecule has 0 heterocycles. The molecule has 0 aliphatic carbocycles. The summed E-state index contributed by atoms with van der Waals surface area (Å²) in [5, 5.41) is 4.29. The zero-order valence-electron chi connectivity index (χ0n) is 13.3. The molecule has 0 aliphatic heterocycles. The van der Waals surface area contributed by atoms with Gasteiger partial charge in [0, 0.05) is 17.5 Å². The fourth-order valence-corrected chi connectivity index (χ4v) is 2.09. The highest BCUT2D eigenvalue weighted by molar-refractivity contribution is 6.30. The molecule has 0 spiro atoms. The molecular formula is C17H17ClN2O4.